The molecule has 2 N–H and O–H groups in total. The summed E-state index contributed by atoms with van der Waals surface area (Å²) in [6.45, 7) is 2.12. The number of nitrogens with two attached hydrogens (primary N) is 1. The van der Waals surface area contributed by atoms with Gasteiger partial charge in [-0.05, 0) is 12.8 Å². The van der Waals surface area contributed by atoms with Crippen LogP contribution in [0, 0.1) is 0 Å². The van der Waals surface area contributed by atoms with Crippen molar-refractivity contribution in [3.05, 3.63) is 17.0 Å². The third-order valence-corrected chi connectivity index (χ3v) is 2.07. The zero-order valence-electron chi connectivity index (χ0n) is 7.05. The molecule has 0 fully saturated rings. The highest BCUT2D eigenvalue weighted by Crippen LogP contribution is 2.19. The first-order chi connectivity index (χ1) is 5.75. The van der Waals surface area contributed by atoms with Crippen LogP contribution in [0.1, 0.15) is 25.5 Å². The van der Waals surface area contributed by atoms with E-state index in [0.717, 1.165) is 25.0 Å². The number of nitrogens with zero attached hydrogens (tertiary/aromatic N) is 2. The molecule has 1 aromatic heterocycles. The first-order valence-electron chi connectivity index (χ1n) is 4.00. The van der Waals surface area contributed by atoms with Crippen LogP contribution in [0.4, 0.5) is 5.82 Å². The molecule has 0 saturated heterocycles. The molecule has 12 heavy (non-hydrogen) atoms. The minimum atomic E-state index is 0.373. The molecule has 1 heterocycles. The number of rotatable bonds is 3. The van der Waals surface area contributed by atoms with Crippen LogP contribution in [0.3, 0.4) is 0 Å². The first-order valence-corrected chi connectivity index (χ1v) is 4.38. The second kappa shape index (κ2) is 4.26. The summed E-state index contributed by atoms with van der Waals surface area (Å²) < 4.78 is 0. The fourth-order valence-electron chi connectivity index (χ4n) is 0.940. The van der Waals surface area contributed by atoms with Crippen molar-refractivity contribution in [1.29, 1.82) is 0 Å². The van der Waals surface area contributed by atoms with Crippen LogP contribution in [-0.2, 0) is 6.42 Å². The van der Waals surface area contributed by atoms with Crippen molar-refractivity contribution in [1.82, 2.24) is 9.97 Å². The number of aryl methyl sites for hydroxylation is 1. The van der Waals surface area contributed by atoms with Gasteiger partial charge in [-0.2, -0.15) is 0 Å². The fraction of sp³-hybridized carbons (Fsp3) is 0.500. The lowest BCUT2D eigenvalue weighted by Crippen LogP contribution is -1.98. The molecule has 0 aliphatic carbocycles. The van der Waals surface area contributed by atoms with Crippen molar-refractivity contribution >= 4 is 17.4 Å². The highest BCUT2D eigenvalue weighted by Gasteiger charge is 2.04. The molecule has 0 bridgehead atoms. The van der Waals surface area contributed by atoms with E-state index in [0.29, 0.717) is 10.8 Å². The van der Waals surface area contributed by atoms with Gasteiger partial charge in [0.15, 0.2) is 0 Å². The average Bonchev–Trinajstić information content (AvgIpc) is 2.08. The van der Waals surface area contributed by atoms with Gasteiger partial charge in [-0.1, -0.05) is 24.9 Å². The van der Waals surface area contributed by atoms with Gasteiger partial charge in [0.25, 0.3) is 0 Å². The summed E-state index contributed by atoms with van der Waals surface area (Å²) >= 11 is 5.88. The van der Waals surface area contributed by atoms with E-state index < -0.39 is 0 Å². The van der Waals surface area contributed by atoms with E-state index in [4.69, 9.17) is 17.3 Å². The number of halogens is 1. The van der Waals surface area contributed by atoms with Crippen LogP contribution in [0.15, 0.2) is 6.33 Å². The summed E-state index contributed by atoms with van der Waals surface area (Å²) in [7, 11) is 0. The quantitative estimate of drug-likeness (QED) is 0.784. The SMILES string of the molecule is CCCCc1ncnc(N)c1Cl. The summed E-state index contributed by atoms with van der Waals surface area (Å²) in [4.78, 5) is 7.84. The number of aromatic nitrogens is 2. The van der Waals surface area contributed by atoms with E-state index in [2.05, 4.69) is 16.9 Å². The Bertz CT molecular complexity index is 262. The van der Waals surface area contributed by atoms with Gasteiger partial charge in [-0.15, -0.1) is 0 Å². The van der Waals surface area contributed by atoms with Crippen LogP contribution < -0.4 is 5.73 Å². The minimum absolute atomic E-state index is 0.373. The Hall–Kier alpha value is -0.830. The van der Waals surface area contributed by atoms with Crippen LogP contribution in [0.5, 0.6) is 0 Å². The molecule has 4 heteroatoms. The van der Waals surface area contributed by atoms with Gasteiger partial charge in [0.05, 0.1) is 5.69 Å². The van der Waals surface area contributed by atoms with Crippen molar-refractivity contribution in [3.8, 4) is 0 Å². The lowest BCUT2D eigenvalue weighted by molar-refractivity contribution is 0.774. The minimum Gasteiger partial charge on any atom is -0.382 e. The molecule has 0 saturated carbocycles. The number of anilines is 1. The lowest BCUT2D eigenvalue weighted by Gasteiger charge is -2.02. The Labute approximate surface area is 77.0 Å². The summed E-state index contributed by atoms with van der Waals surface area (Å²) in [6.07, 6.45) is 4.53. The molecule has 0 atom stereocenters. The highest BCUT2D eigenvalue weighted by molar-refractivity contribution is 6.33. The van der Waals surface area contributed by atoms with Crippen molar-refractivity contribution in [2.24, 2.45) is 0 Å². The van der Waals surface area contributed by atoms with Crippen molar-refractivity contribution in [2.45, 2.75) is 26.2 Å². The maximum atomic E-state index is 5.88. The molecule has 1 rings (SSSR count). The molecular formula is C8H12ClN3. The Morgan fingerprint density at radius 1 is 1.50 bits per heavy atom. The van der Waals surface area contributed by atoms with E-state index in [1.54, 1.807) is 0 Å². The largest absolute Gasteiger partial charge is 0.382 e. The molecule has 0 aromatic carbocycles. The molecule has 0 unspecified atom stereocenters. The van der Waals surface area contributed by atoms with E-state index in [-0.39, 0.29) is 0 Å². The van der Waals surface area contributed by atoms with Gasteiger partial charge >= 0.3 is 0 Å². The Morgan fingerprint density at radius 3 is 2.92 bits per heavy atom. The summed E-state index contributed by atoms with van der Waals surface area (Å²) in [5.41, 5.74) is 6.36. The maximum absolute atomic E-state index is 5.88. The van der Waals surface area contributed by atoms with Crippen molar-refractivity contribution in [2.75, 3.05) is 5.73 Å². The molecule has 3 nitrogen and oxygen atoms in total. The van der Waals surface area contributed by atoms with Gasteiger partial charge in [0.1, 0.15) is 17.2 Å². The van der Waals surface area contributed by atoms with Gasteiger partial charge in [-0.3, -0.25) is 0 Å². The molecule has 1 aromatic rings. The first kappa shape index (κ1) is 9.26. The standard InChI is InChI=1S/C8H12ClN3/c1-2-3-4-6-7(9)8(10)12-5-11-6/h5H,2-4H2,1H3,(H2,10,11,12). The van der Waals surface area contributed by atoms with E-state index in [9.17, 15) is 0 Å². The molecular weight excluding hydrogens is 174 g/mol. The lowest BCUT2D eigenvalue weighted by atomic mass is 10.2. The number of hydrogen-bond donors (Lipinski definition) is 1. The molecule has 66 valence electrons. The average molecular weight is 186 g/mol. The summed E-state index contributed by atoms with van der Waals surface area (Å²) in [5.74, 6) is 0.373. The second-order valence-electron chi connectivity index (χ2n) is 2.62. The molecule has 0 aliphatic rings. The van der Waals surface area contributed by atoms with Crippen LogP contribution >= 0.6 is 11.6 Å². The second-order valence-corrected chi connectivity index (χ2v) is 3.00. The fourth-order valence-corrected chi connectivity index (χ4v) is 1.13. The smallest absolute Gasteiger partial charge is 0.145 e. The Kier molecular flexibility index (Phi) is 3.29. The van der Waals surface area contributed by atoms with Crippen molar-refractivity contribution in [3.63, 3.8) is 0 Å². The summed E-state index contributed by atoms with van der Waals surface area (Å²) in [6, 6.07) is 0. The Morgan fingerprint density at radius 2 is 2.25 bits per heavy atom. The maximum Gasteiger partial charge on any atom is 0.145 e. The highest BCUT2D eigenvalue weighted by atomic mass is 35.5. The van der Waals surface area contributed by atoms with Gasteiger partial charge in [0, 0.05) is 0 Å². The predicted molar refractivity (Wildman–Crippen MR) is 50.1 cm³/mol. The number of unbranched alkanes of at least 4 members (excludes halogenated alkanes) is 1. The third-order valence-electron chi connectivity index (χ3n) is 1.66. The van der Waals surface area contributed by atoms with Crippen LogP contribution in [0.2, 0.25) is 5.02 Å². The van der Waals surface area contributed by atoms with Gasteiger partial charge < -0.3 is 5.73 Å². The number of nitrogen functional groups attached to an aromatic ring is 1. The third kappa shape index (κ3) is 2.08. The molecule has 0 radical (unpaired) electrons. The molecule has 0 amide bonds. The van der Waals surface area contributed by atoms with E-state index in [1.165, 1.54) is 6.33 Å². The predicted octanol–water partition coefficient (Wildman–Crippen LogP) is 2.05. The van der Waals surface area contributed by atoms with Crippen LogP contribution in [-0.4, -0.2) is 9.97 Å². The Balaban J connectivity index is 2.78. The zero-order chi connectivity index (χ0) is 8.97. The van der Waals surface area contributed by atoms with Crippen LogP contribution in [0.25, 0.3) is 0 Å². The normalized spacial score (nSPS) is 10.2. The van der Waals surface area contributed by atoms with E-state index >= 15 is 0 Å². The van der Waals surface area contributed by atoms with Crippen molar-refractivity contribution < 1.29 is 0 Å². The monoisotopic (exact) mass is 185 g/mol. The topological polar surface area (TPSA) is 51.8 Å². The van der Waals surface area contributed by atoms with Gasteiger partial charge in [0.2, 0.25) is 0 Å². The molecule has 0 aliphatic heterocycles. The zero-order valence-corrected chi connectivity index (χ0v) is 7.80. The number of hydrogen-bond acceptors (Lipinski definition) is 3. The molecule has 0 spiro atoms. The van der Waals surface area contributed by atoms with Gasteiger partial charge in [-0.25, -0.2) is 9.97 Å². The summed E-state index contributed by atoms with van der Waals surface area (Å²) in [5, 5.41) is 0.506. The van der Waals surface area contributed by atoms with E-state index in [1.807, 2.05) is 0 Å².